The highest BCUT2D eigenvalue weighted by Crippen LogP contribution is 2.22. The molecule has 2 aromatic rings. The number of carbonyl (C=O) groups is 2. The lowest BCUT2D eigenvalue weighted by atomic mass is 10.1. The van der Waals surface area contributed by atoms with Crippen molar-refractivity contribution in [1.29, 1.82) is 0 Å². The van der Waals surface area contributed by atoms with E-state index in [0.717, 1.165) is 53.8 Å². The van der Waals surface area contributed by atoms with E-state index in [4.69, 9.17) is 0 Å². The SMILES string of the molecule is CCc1ccc(N(CC(=O)N(Cc2ccccc2)C(CC)C(=O)NC2CCCC2)S(C)(=O)=O)cc1. The van der Waals surface area contributed by atoms with Crippen molar-refractivity contribution in [3.63, 3.8) is 0 Å². The standard InChI is InChI=1S/C27H37N3O4S/c1-4-21-15-17-24(18-16-21)30(35(3,33)34)20-26(31)29(19-22-11-7-6-8-12-22)25(5-2)27(32)28-23-13-9-10-14-23/h6-8,11-12,15-18,23,25H,4-5,9-10,13-14,19-20H2,1-3H3,(H,28,32). The van der Waals surface area contributed by atoms with E-state index in [0.29, 0.717) is 12.1 Å². The Labute approximate surface area is 209 Å². The third-order valence-electron chi connectivity index (χ3n) is 6.59. The van der Waals surface area contributed by atoms with E-state index in [1.165, 1.54) is 4.90 Å². The molecule has 0 aromatic heterocycles. The fourth-order valence-electron chi connectivity index (χ4n) is 4.58. The summed E-state index contributed by atoms with van der Waals surface area (Å²) in [4.78, 5) is 28.5. The molecular formula is C27H37N3O4S. The number of nitrogens with one attached hydrogen (secondary N) is 1. The Morgan fingerprint density at radius 2 is 1.60 bits per heavy atom. The normalized spacial score (nSPS) is 14.9. The van der Waals surface area contributed by atoms with Crippen molar-refractivity contribution in [3.8, 4) is 0 Å². The lowest BCUT2D eigenvalue weighted by Crippen LogP contribution is -2.53. The first kappa shape index (κ1) is 26.7. The Morgan fingerprint density at radius 3 is 2.14 bits per heavy atom. The maximum atomic E-state index is 13.7. The van der Waals surface area contributed by atoms with E-state index in [-0.39, 0.29) is 25.0 Å². The molecule has 0 bridgehead atoms. The van der Waals surface area contributed by atoms with Crippen LogP contribution in [0.3, 0.4) is 0 Å². The Bertz CT molecular complexity index is 1080. The zero-order chi connectivity index (χ0) is 25.4. The number of benzene rings is 2. The number of hydrogen-bond donors (Lipinski definition) is 1. The van der Waals surface area contributed by atoms with E-state index in [1.807, 2.05) is 56.3 Å². The van der Waals surface area contributed by atoms with Crippen molar-refractivity contribution in [2.75, 3.05) is 17.1 Å². The number of aryl methyl sites for hydroxylation is 1. The summed E-state index contributed by atoms with van der Waals surface area (Å²) in [5.41, 5.74) is 2.39. The minimum Gasteiger partial charge on any atom is -0.352 e. The first-order chi connectivity index (χ1) is 16.7. The summed E-state index contributed by atoms with van der Waals surface area (Å²) in [5.74, 6) is -0.589. The molecule has 190 valence electrons. The monoisotopic (exact) mass is 499 g/mol. The third-order valence-corrected chi connectivity index (χ3v) is 7.74. The second kappa shape index (κ2) is 12.2. The average molecular weight is 500 g/mol. The molecule has 2 amide bonds. The van der Waals surface area contributed by atoms with Gasteiger partial charge in [-0.05, 0) is 48.9 Å². The number of sulfonamides is 1. The summed E-state index contributed by atoms with van der Waals surface area (Å²) in [7, 11) is -3.73. The smallest absolute Gasteiger partial charge is 0.244 e. The molecule has 1 aliphatic carbocycles. The first-order valence-corrected chi connectivity index (χ1v) is 14.3. The Hall–Kier alpha value is -2.87. The predicted octanol–water partition coefficient (Wildman–Crippen LogP) is 3.88. The van der Waals surface area contributed by atoms with Gasteiger partial charge in [0.15, 0.2) is 0 Å². The number of rotatable bonds is 11. The quantitative estimate of drug-likeness (QED) is 0.508. The molecule has 1 aliphatic rings. The summed E-state index contributed by atoms with van der Waals surface area (Å²) >= 11 is 0. The minimum atomic E-state index is -3.73. The van der Waals surface area contributed by atoms with E-state index in [1.54, 1.807) is 12.1 Å². The lowest BCUT2D eigenvalue weighted by Gasteiger charge is -2.33. The van der Waals surface area contributed by atoms with E-state index >= 15 is 0 Å². The van der Waals surface area contributed by atoms with Gasteiger partial charge in [-0.15, -0.1) is 0 Å². The molecular weight excluding hydrogens is 462 g/mol. The van der Waals surface area contributed by atoms with E-state index in [2.05, 4.69) is 5.32 Å². The molecule has 0 aliphatic heterocycles. The van der Waals surface area contributed by atoms with Crippen LogP contribution in [0.5, 0.6) is 0 Å². The van der Waals surface area contributed by atoms with Crippen molar-refractivity contribution in [3.05, 3.63) is 65.7 Å². The van der Waals surface area contributed by atoms with Gasteiger partial charge in [0.2, 0.25) is 21.8 Å². The van der Waals surface area contributed by atoms with Gasteiger partial charge in [0.1, 0.15) is 12.6 Å². The van der Waals surface area contributed by atoms with Crippen LogP contribution in [0.4, 0.5) is 5.69 Å². The molecule has 1 atom stereocenters. The van der Waals surface area contributed by atoms with Crippen LogP contribution >= 0.6 is 0 Å². The molecule has 3 rings (SSSR count). The highest BCUT2D eigenvalue weighted by Gasteiger charge is 2.32. The molecule has 0 radical (unpaired) electrons. The Kier molecular flexibility index (Phi) is 9.32. The largest absolute Gasteiger partial charge is 0.352 e. The van der Waals surface area contributed by atoms with Gasteiger partial charge in [0.25, 0.3) is 0 Å². The van der Waals surface area contributed by atoms with Crippen molar-refractivity contribution in [1.82, 2.24) is 10.2 Å². The molecule has 1 N–H and O–H groups in total. The molecule has 1 fully saturated rings. The summed E-state index contributed by atoms with van der Waals surface area (Å²) in [6.45, 7) is 3.75. The maximum absolute atomic E-state index is 13.7. The van der Waals surface area contributed by atoms with Crippen LogP contribution in [0.2, 0.25) is 0 Å². The summed E-state index contributed by atoms with van der Waals surface area (Å²) < 4.78 is 26.5. The zero-order valence-corrected chi connectivity index (χ0v) is 21.8. The number of carbonyl (C=O) groups excluding carboxylic acids is 2. The molecule has 7 nitrogen and oxygen atoms in total. The first-order valence-electron chi connectivity index (χ1n) is 12.4. The molecule has 35 heavy (non-hydrogen) atoms. The van der Waals surface area contributed by atoms with Crippen molar-refractivity contribution >= 4 is 27.5 Å². The lowest BCUT2D eigenvalue weighted by molar-refractivity contribution is -0.140. The van der Waals surface area contributed by atoms with Crippen LogP contribution in [0.15, 0.2) is 54.6 Å². The highest BCUT2D eigenvalue weighted by atomic mass is 32.2. The van der Waals surface area contributed by atoms with Gasteiger partial charge in [-0.2, -0.15) is 0 Å². The molecule has 0 spiro atoms. The topological polar surface area (TPSA) is 86.8 Å². The van der Waals surface area contributed by atoms with Crippen LogP contribution in [-0.2, 0) is 32.6 Å². The van der Waals surface area contributed by atoms with E-state index < -0.39 is 22.0 Å². The fourth-order valence-corrected chi connectivity index (χ4v) is 5.43. The second-order valence-electron chi connectivity index (χ2n) is 9.21. The zero-order valence-electron chi connectivity index (χ0n) is 20.9. The second-order valence-corrected chi connectivity index (χ2v) is 11.1. The van der Waals surface area contributed by atoms with Crippen LogP contribution in [-0.4, -0.2) is 50.0 Å². The van der Waals surface area contributed by atoms with Gasteiger partial charge in [0, 0.05) is 12.6 Å². The van der Waals surface area contributed by atoms with Crippen molar-refractivity contribution < 1.29 is 18.0 Å². The van der Waals surface area contributed by atoms with Gasteiger partial charge in [-0.25, -0.2) is 8.42 Å². The number of anilines is 1. The van der Waals surface area contributed by atoms with Gasteiger partial charge in [-0.1, -0.05) is 69.2 Å². The summed E-state index contributed by atoms with van der Waals surface area (Å²) in [6.07, 6.45) is 6.44. The van der Waals surface area contributed by atoms with Crippen LogP contribution in [0.1, 0.15) is 57.1 Å². The number of amides is 2. The van der Waals surface area contributed by atoms with Gasteiger partial charge < -0.3 is 10.2 Å². The molecule has 0 saturated heterocycles. The van der Waals surface area contributed by atoms with Crippen LogP contribution in [0.25, 0.3) is 0 Å². The molecule has 8 heteroatoms. The Morgan fingerprint density at radius 1 is 0.971 bits per heavy atom. The number of nitrogens with zero attached hydrogens (tertiary/aromatic N) is 2. The molecule has 2 aromatic carbocycles. The van der Waals surface area contributed by atoms with Crippen molar-refractivity contribution in [2.24, 2.45) is 0 Å². The Balaban J connectivity index is 1.89. The molecule has 1 saturated carbocycles. The highest BCUT2D eigenvalue weighted by molar-refractivity contribution is 7.92. The molecule has 1 unspecified atom stereocenters. The average Bonchev–Trinajstić information content (AvgIpc) is 3.35. The van der Waals surface area contributed by atoms with Gasteiger partial charge in [0.05, 0.1) is 11.9 Å². The van der Waals surface area contributed by atoms with Crippen LogP contribution in [0, 0.1) is 0 Å². The van der Waals surface area contributed by atoms with Crippen LogP contribution < -0.4 is 9.62 Å². The van der Waals surface area contributed by atoms with E-state index in [9.17, 15) is 18.0 Å². The number of hydrogen-bond acceptors (Lipinski definition) is 4. The van der Waals surface area contributed by atoms with Crippen molar-refractivity contribution in [2.45, 2.75) is 71.0 Å². The maximum Gasteiger partial charge on any atom is 0.244 e. The fraction of sp³-hybridized carbons (Fsp3) is 0.481. The third kappa shape index (κ3) is 7.31. The minimum absolute atomic E-state index is 0.134. The predicted molar refractivity (Wildman–Crippen MR) is 139 cm³/mol. The summed E-state index contributed by atoms with van der Waals surface area (Å²) in [6, 6.07) is 16.1. The van der Waals surface area contributed by atoms with Gasteiger partial charge in [-0.3, -0.25) is 13.9 Å². The molecule has 0 heterocycles. The summed E-state index contributed by atoms with van der Waals surface area (Å²) in [5, 5.41) is 3.11. The van der Waals surface area contributed by atoms with Gasteiger partial charge >= 0.3 is 0 Å².